The summed E-state index contributed by atoms with van der Waals surface area (Å²) in [6, 6.07) is 13.2. The van der Waals surface area contributed by atoms with E-state index in [1.807, 2.05) is 24.3 Å². The van der Waals surface area contributed by atoms with Crippen molar-refractivity contribution in [2.75, 3.05) is 32.7 Å². The lowest BCUT2D eigenvalue weighted by Crippen LogP contribution is -2.50. The predicted molar refractivity (Wildman–Crippen MR) is 143 cm³/mol. The molecule has 5 atom stereocenters. The van der Waals surface area contributed by atoms with Crippen molar-refractivity contribution in [1.82, 2.24) is 9.80 Å². The molecule has 2 aromatic carbocycles. The third-order valence-corrected chi connectivity index (χ3v) is 9.68. The van der Waals surface area contributed by atoms with Crippen LogP contribution in [0.4, 0.5) is 8.78 Å². The van der Waals surface area contributed by atoms with Crippen LogP contribution in [0.1, 0.15) is 56.7 Å². The van der Waals surface area contributed by atoms with E-state index in [2.05, 4.69) is 29.7 Å². The molecular weight excluding hydrogens is 482 g/mol. The van der Waals surface area contributed by atoms with E-state index in [1.54, 1.807) is 5.57 Å². The van der Waals surface area contributed by atoms with Crippen LogP contribution in [0.2, 0.25) is 0 Å². The molecule has 1 saturated carbocycles. The number of allylic oxidation sites excluding steroid dienone is 1. The van der Waals surface area contributed by atoms with E-state index in [0.717, 1.165) is 50.3 Å². The Bertz CT molecular complexity index is 1140. The zero-order chi connectivity index (χ0) is 26.4. The van der Waals surface area contributed by atoms with Gasteiger partial charge in [0.25, 0.3) is 0 Å². The van der Waals surface area contributed by atoms with Gasteiger partial charge in [-0.1, -0.05) is 56.2 Å². The molecule has 2 aromatic rings. The fourth-order valence-electron chi connectivity index (χ4n) is 7.65. The van der Waals surface area contributed by atoms with E-state index in [4.69, 9.17) is 4.74 Å². The van der Waals surface area contributed by atoms with Gasteiger partial charge in [0.2, 0.25) is 0 Å². The summed E-state index contributed by atoms with van der Waals surface area (Å²) in [7, 11) is 0. The Balaban J connectivity index is 1.16. The topological polar surface area (TPSA) is 32.8 Å². The standard InChI is InChI=1S/C32H38F2N2O2/c1-21-4-3-13-32(2)19-29-26(18-28(21)32)27(31(37)38-29)20-35-14-16-36(17-15-35)30(22-5-9-24(33)10-6-22)23-7-11-25(34)12-8-23/h5-12,18,21,26-27,29-30H,3-4,13-17,19-20H2,1-2H3/t21-,26+,27?,29+,32+/m0/s1. The summed E-state index contributed by atoms with van der Waals surface area (Å²) < 4.78 is 33.3. The monoisotopic (exact) mass is 520 g/mol. The third-order valence-electron chi connectivity index (χ3n) is 9.68. The van der Waals surface area contributed by atoms with E-state index in [9.17, 15) is 13.6 Å². The Kier molecular flexibility index (Phi) is 6.89. The van der Waals surface area contributed by atoms with Crippen LogP contribution in [0, 0.1) is 34.8 Å². The summed E-state index contributed by atoms with van der Waals surface area (Å²) >= 11 is 0. The van der Waals surface area contributed by atoms with Crippen molar-refractivity contribution in [1.29, 1.82) is 0 Å². The molecular formula is C32H38F2N2O2. The molecule has 0 bridgehead atoms. The molecule has 0 spiro atoms. The minimum atomic E-state index is -0.265. The molecule has 2 aliphatic heterocycles. The Hall–Kier alpha value is -2.57. The fraction of sp³-hybridized carbons (Fsp3) is 0.531. The lowest BCUT2D eigenvalue weighted by molar-refractivity contribution is -0.145. The molecule has 0 N–H and O–H groups in total. The minimum Gasteiger partial charge on any atom is -0.461 e. The van der Waals surface area contributed by atoms with E-state index in [1.165, 1.54) is 43.5 Å². The van der Waals surface area contributed by atoms with Gasteiger partial charge in [-0.05, 0) is 66.0 Å². The van der Waals surface area contributed by atoms with Crippen LogP contribution in [0.25, 0.3) is 0 Å². The van der Waals surface area contributed by atoms with Crippen molar-refractivity contribution in [2.24, 2.45) is 23.2 Å². The predicted octanol–water partition coefficient (Wildman–Crippen LogP) is 5.99. The summed E-state index contributed by atoms with van der Waals surface area (Å²) in [5.41, 5.74) is 3.72. The number of hydrogen-bond donors (Lipinski definition) is 0. The van der Waals surface area contributed by atoms with Crippen molar-refractivity contribution in [2.45, 2.75) is 51.7 Å². The highest BCUT2D eigenvalue weighted by Crippen LogP contribution is 2.54. The van der Waals surface area contributed by atoms with Gasteiger partial charge in [0.15, 0.2) is 0 Å². The van der Waals surface area contributed by atoms with Crippen LogP contribution in [-0.2, 0) is 9.53 Å². The van der Waals surface area contributed by atoms with Crippen LogP contribution in [0.3, 0.4) is 0 Å². The number of ether oxygens (including phenoxy) is 1. The number of rotatable bonds is 5. The number of benzene rings is 2. The lowest BCUT2D eigenvalue weighted by atomic mass is 9.59. The highest BCUT2D eigenvalue weighted by atomic mass is 19.1. The second-order valence-corrected chi connectivity index (χ2v) is 12.2. The molecule has 6 rings (SSSR count). The summed E-state index contributed by atoms with van der Waals surface area (Å²) in [6.07, 6.45) is 7.09. The maximum absolute atomic E-state index is 13.7. The molecule has 2 aliphatic carbocycles. The van der Waals surface area contributed by atoms with Gasteiger partial charge in [-0.2, -0.15) is 0 Å². The first kappa shape index (κ1) is 25.7. The molecule has 4 nitrogen and oxygen atoms in total. The quantitative estimate of drug-likeness (QED) is 0.358. The average Bonchev–Trinajstić information content (AvgIpc) is 3.19. The Morgan fingerprint density at radius 3 is 2.18 bits per heavy atom. The van der Waals surface area contributed by atoms with E-state index in [0.29, 0.717) is 5.92 Å². The van der Waals surface area contributed by atoms with Crippen molar-refractivity contribution >= 4 is 5.97 Å². The van der Waals surface area contributed by atoms with Crippen molar-refractivity contribution < 1.29 is 18.3 Å². The summed E-state index contributed by atoms with van der Waals surface area (Å²) in [6.45, 7) is 8.73. The zero-order valence-corrected chi connectivity index (χ0v) is 22.4. The maximum Gasteiger partial charge on any atom is 0.311 e. The number of piperazine rings is 1. The van der Waals surface area contributed by atoms with Crippen molar-refractivity contribution in [3.63, 3.8) is 0 Å². The molecule has 38 heavy (non-hydrogen) atoms. The highest BCUT2D eigenvalue weighted by molar-refractivity contribution is 5.76. The van der Waals surface area contributed by atoms with E-state index < -0.39 is 0 Å². The molecule has 6 heteroatoms. The minimum absolute atomic E-state index is 0.00849. The number of carbonyl (C=O) groups is 1. The molecule has 1 unspecified atom stereocenters. The van der Waals surface area contributed by atoms with Gasteiger partial charge in [-0.25, -0.2) is 8.78 Å². The van der Waals surface area contributed by atoms with Crippen molar-refractivity contribution in [3.05, 3.63) is 82.9 Å². The Morgan fingerprint density at radius 2 is 1.58 bits per heavy atom. The molecule has 3 fully saturated rings. The molecule has 2 heterocycles. The molecule has 2 saturated heterocycles. The molecule has 0 aromatic heterocycles. The first-order valence-electron chi connectivity index (χ1n) is 14.2. The van der Waals surface area contributed by atoms with Gasteiger partial charge in [0.1, 0.15) is 17.7 Å². The van der Waals surface area contributed by atoms with Gasteiger partial charge in [0, 0.05) is 38.6 Å². The number of carbonyl (C=O) groups excluding carboxylic acids is 1. The van der Waals surface area contributed by atoms with Crippen LogP contribution in [-0.4, -0.2) is 54.6 Å². The molecule has 0 radical (unpaired) electrons. The average molecular weight is 521 g/mol. The second-order valence-electron chi connectivity index (χ2n) is 12.2. The second kappa shape index (κ2) is 10.2. The molecule has 4 aliphatic rings. The maximum atomic E-state index is 13.7. The first-order chi connectivity index (χ1) is 18.3. The van der Waals surface area contributed by atoms with Gasteiger partial charge in [-0.15, -0.1) is 0 Å². The molecule has 202 valence electrons. The number of halogens is 2. The highest BCUT2D eigenvalue weighted by Gasteiger charge is 2.52. The van der Waals surface area contributed by atoms with Crippen molar-refractivity contribution in [3.8, 4) is 0 Å². The largest absolute Gasteiger partial charge is 0.461 e. The smallest absolute Gasteiger partial charge is 0.311 e. The normalized spacial score (nSPS) is 32.0. The number of hydrogen-bond acceptors (Lipinski definition) is 4. The third kappa shape index (κ3) is 4.82. The Labute approximate surface area is 224 Å². The van der Waals surface area contributed by atoms with E-state index in [-0.39, 0.29) is 47.0 Å². The Morgan fingerprint density at radius 1 is 0.974 bits per heavy atom. The SMILES string of the molecule is C[C@H]1CCC[C@]2(C)C[C@H]3OC(=O)C(CN4CCN(C(c5ccc(F)cc5)c5ccc(F)cc5)CC4)[C@H]3C=C12. The number of fused-ring (bicyclic) bond motifs is 2. The van der Waals surface area contributed by atoms with E-state index >= 15 is 0 Å². The van der Waals surface area contributed by atoms with Gasteiger partial charge >= 0.3 is 5.97 Å². The van der Waals surface area contributed by atoms with Crippen LogP contribution < -0.4 is 0 Å². The van der Waals surface area contributed by atoms with Crippen LogP contribution in [0.15, 0.2) is 60.2 Å². The summed E-state index contributed by atoms with van der Waals surface area (Å²) in [5.74, 6) is 0.0878. The van der Waals surface area contributed by atoms with Gasteiger partial charge in [-0.3, -0.25) is 14.6 Å². The molecule has 0 amide bonds. The van der Waals surface area contributed by atoms with Crippen LogP contribution >= 0.6 is 0 Å². The van der Waals surface area contributed by atoms with Crippen LogP contribution in [0.5, 0.6) is 0 Å². The lowest BCUT2D eigenvalue weighted by Gasteiger charge is -2.46. The summed E-state index contributed by atoms with van der Waals surface area (Å²) in [5, 5.41) is 0. The first-order valence-corrected chi connectivity index (χ1v) is 14.2. The zero-order valence-electron chi connectivity index (χ0n) is 22.4. The summed E-state index contributed by atoms with van der Waals surface area (Å²) in [4.78, 5) is 17.8. The number of esters is 1. The number of nitrogens with zero attached hydrogens (tertiary/aromatic N) is 2. The van der Waals surface area contributed by atoms with Gasteiger partial charge < -0.3 is 4.74 Å². The fourth-order valence-corrected chi connectivity index (χ4v) is 7.65. The van der Waals surface area contributed by atoms with Gasteiger partial charge in [0.05, 0.1) is 12.0 Å².